The molecule has 2 aromatic rings. The average molecular weight is 295 g/mol. The molecule has 1 amide bonds. The Morgan fingerprint density at radius 2 is 1.95 bits per heavy atom. The SMILES string of the molecule is CC(C)CC(=O)Nc1ccc(Nc2cccc(C#N)c2)nn1. The summed E-state index contributed by atoms with van der Waals surface area (Å²) in [5, 5.41) is 22.6. The molecule has 6 nitrogen and oxygen atoms in total. The van der Waals surface area contributed by atoms with Crippen LogP contribution < -0.4 is 10.6 Å². The Labute approximate surface area is 129 Å². The second kappa shape index (κ2) is 7.18. The summed E-state index contributed by atoms with van der Waals surface area (Å²) in [6, 6.07) is 12.5. The maximum absolute atomic E-state index is 11.6. The van der Waals surface area contributed by atoms with Gasteiger partial charge in [-0.2, -0.15) is 5.26 Å². The summed E-state index contributed by atoms with van der Waals surface area (Å²) >= 11 is 0. The molecule has 1 aromatic carbocycles. The van der Waals surface area contributed by atoms with Gasteiger partial charge in [0, 0.05) is 12.1 Å². The number of anilines is 3. The molecule has 2 N–H and O–H groups in total. The van der Waals surface area contributed by atoms with Crippen molar-refractivity contribution in [2.45, 2.75) is 20.3 Å². The Morgan fingerprint density at radius 1 is 1.23 bits per heavy atom. The first-order chi connectivity index (χ1) is 10.6. The average Bonchev–Trinajstić information content (AvgIpc) is 2.48. The number of nitrogens with zero attached hydrogens (tertiary/aromatic N) is 3. The number of carbonyl (C=O) groups is 1. The maximum atomic E-state index is 11.6. The van der Waals surface area contributed by atoms with Crippen molar-refractivity contribution in [3.05, 3.63) is 42.0 Å². The molecule has 112 valence electrons. The number of rotatable bonds is 5. The van der Waals surface area contributed by atoms with E-state index in [1.54, 1.807) is 30.3 Å². The monoisotopic (exact) mass is 295 g/mol. The van der Waals surface area contributed by atoms with E-state index in [-0.39, 0.29) is 5.91 Å². The van der Waals surface area contributed by atoms with Crippen molar-refractivity contribution in [2.24, 2.45) is 5.92 Å². The van der Waals surface area contributed by atoms with E-state index in [9.17, 15) is 4.79 Å². The molecule has 0 unspecified atom stereocenters. The zero-order valence-corrected chi connectivity index (χ0v) is 12.5. The van der Waals surface area contributed by atoms with Crippen LogP contribution in [0.2, 0.25) is 0 Å². The molecule has 6 heteroatoms. The van der Waals surface area contributed by atoms with Crippen LogP contribution in [-0.4, -0.2) is 16.1 Å². The standard InChI is InChI=1S/C16H17N5O/c1-11(2)8-16(22)19-15-7-6-14(20-21-15)18-13-5-3-4-12(9-13)10-17/h3-7,9,11H,8H2,1-2H3,(H,18,20)(H,19,21,22). The molecule has 2 rings (SSSR count). The third-order valence-electron chi connectivity index (χ3n) is 2.79. The highest BCUT2D eigenvalue weighted by Gasteiger charge is 2.06. The second-order valence-corrected chi connectivity index (χ2v) is 5.27. The minimum Gasteiger partial charge on any atom is -0.339 e. The summed E-state index contributed by atoms with van der Waals surface area (Å²) in [5.74, 6) is 1.17. The lowest BCUT2D eigenvalue weighted by atomic mass is 10.1. The van der Waals surface area contributed by atoms with Gasteiger partial charge in [0.05, 0.1) is 11.6 Å². The van der Waals surface area contributed by atoms with Gasteiger partial charge in [-0.3, -0.25) is 4.79 Å². The van der Waals surface area contributed by atoms with Crippen molar-refractivity contribution in [1.82, 2.24) is 10.2 Å². The zero-order valence-electron chi connectivity index (χ0n) is 12.5. The Kier molecular flexibility index (Phi) is 5.04. The van der Waals surface area contributed by atoms with Gasteiger partial charge in [0.15, 0.2) is 11.6 Å². The highest BCUT2D eigenvalue weighted by molar-refractivity contribution is 5.89. The number of hydrogen-bond acceptors (Lipinski definition) is 5. The fourth-order valence-electron chi connectivity index (χ4n) is 1.84. The maximum Gasteiger partial charge on any atom is 0.225 e. The largest absolute Gasteiger partial charge is 0.339 e. The summed E-state index contributed by atoms with van der Waals surface area (Å²) in [7, 11) is 0. The van der Waals surface area contributed by atoms with Crippen LogP contribution in [0.3, 0.4) is 0 Å². The van der Waals surface area contributed by atoms with Crippen LogP contribution in [0.4, 0.5) is 17.3 Å². The van der Waals surface area contributed by atoms with Crippen LogP contribution in [-0.2, 0) is 4.79 Å². The topological polar surface area (TPSA) is 90.7 Å². The second-order valence-electron chi connectivity index (χ2n) is 5.27. The minimum atomic E-state index is -0.0771. The minimum absolute atomic E-state index is 0.0771. The van der Waals surface area contributed by atoms with Crippen molar-refractivity contribution in [3.63, 3.8) is 0 Å². The lowest BCUT2D eigenvalue weighted by molar-refractivity contribution is -0.116. The number of hydrogen-bond donors (Lipinski definition) is 2. The quantitative estimate of drug-likeness (QED) is 0.884. The van der Waals surface area contributed by atoms with Crippen molar-refractivity contribution < 1.29 is 4.79 Å². The van der Waals surface area contributed by atoms with Crippen LogP contribution in [0, 0.1) is 17.2 Å². The molecule has 22 heavy (non-hydrogen) atoms. The van der Waals surface area contributed by atoms with Crippen molar-refractivity contribution in [1.29, 1.82) is 5.26 Å². The van der Waals surface area contributed by atoms with E-state index in [2.05, 4.69) is 26.9 Å². The lowest BCUT2D eigenvalue weighted by Crippen LogP contribution is -2.15. The molecule has 1 heterocycles. The van der Waals surface area contributed by atoms with E-state index in [0.717, 1.165) is 5.69 Å². The molecule has 0 aliphatic carbocycles. The van der Waals surface area contributed by atoms with Crippen molar-refractivity contribution in [3.8, 4) is 6.07 Å². The van der Waals surface area contributed by atoms with Gasteiger partial charge in [-0.25, -0.2) is 0 Å². The molecule has 0 aliphatic heterocycles. The number of carbonyl (C=O) groups excluding carboxylic acids is 1. The predicted molar refractivity (Wildman–Crippen MR) is 84.6 cm³/mol. The van der Waals surface area contributed by atoms with E-state index in [1.165, 1.54) is 0 Å². The molecule has 0 atom stereocenters. The number of aromatic nitrogens is 2. The first kappa shape index (κ1) is 15.4. The van der Waals surface area contributed by atoms with Crippen LogP contribution in [0.15, 0.2) is 36.4 Å². The van der Waals surface area contributed by atoms with E-state index in [1.807, 2.05) is 19.9 Å². The normalized spacial score (nSPS) is 10.1. The summed E-state index contributed by atoms with van der Waals surface area (Å²) in [5.41, 5.74) is 1.32. The van der Waals surface area contributed by atoms with E-state index in [0.29, 0.717) is 29.5 Å². The zero-order chi connectivity index (χ0) is 15.9. The first-order valence-electron chi connectivity index (χ1n) is 6.97. The molecule has 0 saturated carbocycles. The molecule has 1 aromatic heterocycles. The van der Waals surface area contributed by atoms with Gasteiger partial charge in [0.25, 0.3) is 0 Å². The van der Waals surface area contributed by atoms with Gasteiger partial charge in [-0.1, -0.05) is 19.9 Å². The third-order valence-corrected chi connectivity index (χ3v) is 2.79. The Hall–Kier alpha value is -2.94. The molecular formula is C16H17N5O. The molecule has 0 spiro atoms. The molecule has 0 aliphatic rings. The van der Waals surface area contributed by atoms with Gasteiger partial charge in [-0.05, 0) is 36.2 Å². The van der Waals surface area contributed by atoms with Crippen LogP contribution in [0.5, 0.6) is 0 Å². The highest BCUT2D eigenvalue weighted by Crippen LogP contribution is 2.16. The smallest absolute Gasteiger partial charge is 0.225 e. The Balaban J connectivity index is 2.00. The summed E-state index contributed by atoms with van der Waals surface area (Å²) in [6.45, 7) is 3.96. The summed E-state index contributed by atoms with van der Waals surface area (Å²) in [4.78, 5) is 11.6. The number of nitrogens with one attached hydrogen (secondary N) is 2. The molecule has 0 radical (unpaired) electrons. The van der Waals surface area contributed by atoms with E-state index in [4.69, 9.17) is 5.26 Å². The van der Waals surface area contributed by atoms with Crippen LogP contribution in [0.25, 0.3) is 0 Å². The van der Waals surface area contributed by atoms with Crippen LogP contribution in [0.1, 0.15) is 25.8 Å². The summed E-state index contributed by atoms with van der Waals surface area (Å²) in [6.07, 6.45) is 0.447. The van der Waals surface area contributed by atoms with Crippen molar-refractivity contribution in [2.75, 3.05) is 10.6 Å². The lowest BCUT2D eigenvalue weighted by Gasteiger charge is -2.08. The van der Waals surface area contributed by atoms with Gasteiger partial charge in [0.1, 0.15) is 0 Å². The van der Waals surface area contributed by atoms with Gasteiger partial charge >= 0.3 is 0 Å². The fourth-order valence-corrected chi connectivity index (χ4v) is 1.84. The predicted octanol–water partition coefficient (Wildman–Crippen LogP) is 3.08. The number of amides is 1. The van der Waals surface area contributed by atoms with Gasteiger partial charge < -0.3 is 10.6 Å². The van der Waals surface area contributed by atoms with Gasteiger partial charge in [-0.15, -0.1) is 10.2 Å². The highest BCUT2D eigenvalue weighted by atomic mass is 16.1. The van der Waals surface area contributed by atoms with E-state index < -0.39 is 0 Å². The van der Waals surface area contributed by atoms with Crippen molar-refractivity contribution >= 4 is 23.2 Å². The Morgan fingerprint density at radius 3 is 2.59 bits per heavy atom. The third kappa shape index (κ3) is 4.56. The van der Waals surface area contributed by atoms with Gasteiger partial charge in [0.2, 0.25) is 5.91 Å². The van der Waals surface area contributed by atoms with E-state index >= 15 is 0 Å². The van der Waals surface area contributed by atoms with Crippen LogP contribution >= 0.6 is 0 Å². The fraction of sp³-hybridized carbons (Fsp3) is 0.250. The molecular weight excluding hydrogens is 278 g/mol. The Bertz CT molecular complexity index is 688. The number of nitriles is 1. The molecule has 0 fully saturated rings. The molecule has 0 bridgehead atoms. The summed E-state index contributed by atoms with van der Waals surface area (Å²) < 4.78 is 0. The first-order valence-corrected chi connectivity index (χ1v) is 6.97. The molecule has 0 saturated heterocycles. The number of benzene rings is 1.